The molecule has 15 heavy (non-hydrogen) atoms. The molecule has 2 heteroatoms. The van der Waals surface area contributed by atoms with E-state index in [4.69, 9.17) is 4.74 Å². The maximum Gasteiger partial charge on any atom is 0.133 e. The Morgan fingerprint density at radius 1 is 1.47 bits per heavy atom. The van der Waals surface area contributed by atoms with Gasteiger partial charge in [-0.3, -0.25) is 4.79 Å². The van der Waals surface area contributed by atoms with Crippen molar-refractivity contribution in [3.05, 3.63) is 0 Å². The monoisotopic (exact) mass is 212 g/mol. The SMILES string of the molecule is CCCCCC(CC1CCCO1)C(C)=O. The van der Waals surface area contributed by atoms with Gasteiger partial charge in [0, 0.05) is 12.5 Å². The first-order valence-electron chi connectivity index (χ1n) is 6.36. The van der Waals surface area contributed by atoms with E-state index in [1.54, 1.807) is 6.92 Å². The van der Waals surface area contributed by atoms with Gasteiger partial charge in [0.15, 0.2) is 0 Å². The van der Waals surface area contributed by atoms with Crippen LogP contribution < -0.4 is 0 Å². The Balaban J connectivity index is 2.26. The molecule has 0 aromatic carbocycles. The molecule has 1 aliphatic rings. The molecule has 2 nitrogen and oxygen atoms in total. The zero-order valence-corrected chi connectivity index (χ0v) is 10.1. The number of hydrogen-bond acceptors (Lipinski definition) is 2. The zero-order valence-electron chi connectivity index (χ0n) is 10.1. The van der Waals surface area contributed by atoms with E-state index in [1.165, 1.54) is 25.7 Å². The Kier molecular flexibility index (Phi) is 5.92. The summed E-state index contributed by atoms with van der Waals surface area (Å²) in [7, 11) is 0. The van der Waals surface area contributed by atoms with Crippen molar-refractivity contribution in [3.63, 3.8) is 0 Å². The molecule has 0 aliphatic carbocycles. The summed E-state index contributed by atoms with van der Waals surface area (Å²) >= 11 is 0. The number of ether oxygens (including phenoxy) is 1. The maximum atomic E-state index is 11.5. The van der Waals surface area contributed by atoms with Crippen LogP contribution in [0.4, 0.5) is 0 Å². The third kappa shape index (κ3) is 4.78. The first kappa shape index (κ1) is 12.7. The minimum atomic E-state index is 0.250. The molecule has 1 saturated heterocycles. The molecule has 0 aromatic rings. The van der Waals surface area contributed by atoms with Gasteiger partial charge in [-0.25, -0.2) is 0 Å². The van der Waals surface area contributed by atoms with Crippen LogP contribution in [0.5, 0.6) is 0 Å². The van der Waals surface area contributed by atoms with Crippen LogP contribution in [0.1, 0.15) is 58.8 Å². The Hall–Kier alpha value is -0.370. The predicted molar refractivity (Wildman–Crippen MR) is 61.9 cm³/mol. The van der Waals surface area contributed by atoms with Gasteiger partial charge in [-0.15, -0.1) is 0 Å². The number of unbranched alkanes of at least 4 members (excludes halogenated alkanes) is 2. The van der Waals surface area contributed by atoms with Crippen LogP contribution in [-0.2, 0) is 9.53 Å². The van der Waals surface area contributed by atoms with Crippen molar-refractivity contribution >= 4 is 5.78 Å². The Morgan fingerprint density at radius 3 is 2.80 bits per heavy atom. The average molecular weight is 212 g/mol. The van der Waals surface area contributed by atoms with Crippen molar-refractivity contribution in [2.75, 3.05) is 6.61 Å². The van der Waals surface area contributed by atoms with E-state index >= 15 is 0 Å². The van der Waals surface area contributed by atoms with Crippen molar-refractivity contribution in [2.45, 2.75) is 64.9 Å². The first-order valence-corrected chi connectivity index (χ1v) is 6.36. The highest BCUT2D eigenvalue weighted by Gasteiger charge is 2.22. The normalized spacial score (nSPS) is 22.9. The van der Waals surface area contributed by atoms with Crippen LogP contribution in [0.25, 0.3) is 0 Å². The molecule has 0 saturated carbocycles. The van der Waals surface area contributed by atoms with Gasteiger partial charge >= 0.3 is 0 Å². The molecule has 1 heterocycles. The minimum Gasteiger partial charge on any atom is -0.378 e. The van der Waals surface area contributed by atoms with E-state index in [-0.39, 0.29) is 5.92 Å². The van der Waals surface area contributed by atoms with Gasteiger partial charge in [-0.1, -0.05) is 26.2 Å². The van der Waals surface area contributed by atoms with E-state index in [0.29, 0.717) is 11.9 Å². The highest BCUT2D eigenvalue weighted by molar-refractivity contribution is 5.78. The van der Waals surface area contributed by atoms with Crippen LogP contribution in [0.3, 0.4) is 0 Å². The summed E-state index contributed by atoms with van der Waals surface area (Å²) in [4.78, 5) is 11.5. The van der Waals surface area contributed by atoms with E-state index in [2.05, 4.69) is 6.92 Å². The lowest BCUT2D eigenvalue weighted by molar-refractivity contribution is -0.122. The molecule has 2 unspecified atom stereocenters. The van der Waals surface area contributed by atoms with Gasteiger partial charge < -0.3 is 4.74 Å². The molecule has 1 fully saturated rings. The van der Waals surface area contributed by atoms with Crippen LogP contribution in [0.15, 0.2) is 0 Å². The van der Waals surface area contributed by atoms with Crippen LogP contribution in [0, 0.1) is 5.92 Å². The molecule has 0 bridgehead atoms. The molecule has 88 valence electrons. The van der Waals surface area contributed by atoms with Gasteiger partial charge in [-0.05, 0) is 32.6 Å². The van der Waals surface area contributed by atoms with Crippen LogP contribution in [-0.4, -0.2) is 18.5 Å². The molecule has 1 rings (SSSR count). The molecule has 0 N–H and O–H groups in total. The van der Waals surface area contributed by atoms with Crippen molar-refractivity contribution in [1.82, 2.24) is 0 Å². The second kappa shape index (κ2) is 7.00. The van der Waals surface area contributed by atoms with E-state index in [0.717, 1.165) is 25.9 Å². The van der Waals surface area contributed by atoms with Gasteiger partial charge in [0.1, 0.15) is 5.78 Å². The molecule has 0 radical (unpaired) electrons. The summed E-state index contributed by atoms with van der Waals surface area (Å²) in [6.45, 7) is 4.82. The topological polar surface area (TPSA) is 26.3 Å². The Bertz CT molecular complexity index is 183. The minimum absolute atomic E-state index is 0.250. The fourth-order valence-corrected chi connectivity index (χ4v) is 2.28. The fraction of sp³-hybridized carbons (Fsp3) is 0.923. The highest BCUT2D eigenvalue weighted by atomic mass is 16.5. The van der Waals surface area contributed by atoms with Crippen LogP contribution >= 0.6 is 0 Å². The van der Waals surface area contributed by atoms with Gasteiger partial charge in [0.2, 0.25) is 0 Å². The lowest BCUT2D eigenvalue weighted by Crippen LogP contribution is -2.18. The number of ketones is 1. The van der Waals surface area contributed by atoms with Gasteiger partial charge in [0.25, 0.3) is 0 Å². The Labute approximate surface area is 93.4 Å². The summed E-state index contributed by atoms with van der Waals surface area (Å²) in [5.74, 6) is 0.598. The third-order valence-electron chi connectivity index (χ3n) is 3.30. The highest BCUT2D eigenvalue weighted by Crippen LogP contribution is 2.24. The largest absolute Gasteiger partial charge is 0.378 e. The lowest BCUT2D eigenvalue weighted by atomic mass is 9.91. The Morgan fingerprint density at radius 2 is 2.27 bits per heavy atom. The average Bonchev–Trinajstić information content (AvgIpc) is 2.69. The van der Waals surface area contributed by atoms with Gasteiger partial charge in [-0.2, -0.15) is 0 Å². The first-order chi connectivity index (χ1) is 7.24. The van der Waals surface area contributed by atoms with Crippen molar-refractivity contribution in [1.29, 1.82) is 0 Å². The molecular weight excluding hydrogens is 188 g/mol. The standard InChI is InChI=1S/C13H24O2/c1-3-4-5-7-12(11(2)14)10-13-8-6-9-15-13/h12-13H,3-10H2,1-2H3. The molecule has 1 aliphatic heterocycles. The summed E-state index contributed by atoms with van der Waals surface area (Å²) in [6.07, 6.45) is 8.36. The molecular formula is C13H24O2. The van der Waals surface area contributed by atoms with Crippen molar-refractivity contribution < 1.29 is 9.53 Å². The summed E-state index contributed by atoms with van der Waals surface area (Å²) < 4.78 is 5.59. The molecule has 0 spiro atoms. The number of hydrogen-bond donors (Lipinski definition) is 0. The second-order valence-electron chi connectivity index (χ2n) is 4.67. The maximum absolute atomic E-state index is 11.5. The lowest BCUT2D eigenvalue weighted by Gasteiger charge is -2.17. The summed E-state index contributed by atoms with van der Waals surface area (Å²) in [6, 6.07) is 0. The van der Waals surface area contributed by atoms with E-state index in [1.807, 2.05) is 0 Å². The second-order valence-corrected chi connectivity index (χ2v) is 4.67. The fourth-order valence-electron chi connectivity index (χ4n) is 2.28. The zero-order chi connectivity index (χ0) is 11.1. The summed E-state index contributed by atoms with van der Waals surface area (Å²) in [5, 5.41) is 0. The van der Waals surface area contributed by atoms with Crippen LogP contribution in [0.2, 0.25) is 0 Å². The number of rotatable bonds is 7. The van der Waals surface area contributed by atoms with E-state index < -0.39 is 0 Å². The van der Waals surface area contributed by atoms with Crippen molar-refractivity contribution in [3.8, 4) is 0 Å². The van der Waals surface area contributed by atoms with Gasteiger partial charge in [0.05, 0.1) is 6.10 Å². The quantitative estimate of drug-likeness (QED) is 0.605. The van der Waals surface area contributed by atoms with E-state index in [9.17, 15) is 4.79 Å². The summed E-state index contributed by atoms with van der Waals surface area (Å²) in [5.41, 5.74) is 0. The number of carbonyl (C=O) groups excluding carboxylic acids is 1. The predicted octanol–water partition coefficient (Wildman–Crippen LogP) is 3.34. The smallest absolute Gasteiger partial charge is 0.133 e. The van der Waals surface area contributed by atoms with Crippen molar-refractivity contribution in [2.24, 2.45) is 5.92 Å². The number of Topliss-reactive ketones (excluding diaryl/α,β-unsaturated/α-hetero) is 1. The molecule has 0 aromatic heterocycles. The third-order valence-corrected chi connectivity index (χ3v) is 3.30. The molecule has 0 amide bonds. The molecule has 2 atom stereocenters. The number of carbonyl (C=O) groups is 1.